The van der Waals surface area contributed by atoms with Gasteiger partial charge in [-0.2, -0.15) is 5.10 Å². The number of carbonyl (C=O) groups excluding carboxylic acids is 1. The zero-order valence-corrected chi connectivity index (χ0v) is 14.1. The van der Waals surface area contributed by atoms with Crippen LogP contribution in [0.5, 0.6) is 0 Å². The number of amides is 1. The van der Waals surface area contributed by atoms with Crippen LogP contribution in [0.4, 0.5) is 4.39 Å². The molecule has 0 aliphatic heterocycles. The van der Waals surface area contributed by atoms with Crippen LogP contribution in [0.1, 0.15) is 24.4 Å². The summed E-state index contributed by atoms with van der Waals surface area (Å²) in [5.74, 6) is 0.112. The van der Waals surface area contributed by atoms with Crippen LogP contribution in [0.2, 0.25) is 5.02 Å². The number of carbonyl (C=O) groups is 1. The molecule has 3 rings (SSSR count). The van der Waals surface area contributed by atoms with Gasteiger partial charge in [0.05, 0.1) is 12.5 Å². The van der Waals surface area contributed by atoms with Crippen molar-refractivity contribution in [2.45, 2.75) is 19.4 Å². The number of pyridine rings is 1. The number of aromatic nitrogens is 4. The molecule has 0 aliphatic rings. The number of hydrogen-bond donors (Lipinski definition) is 2. The highest BCUT2D eigenvalue weighted by molar-refractivity contribution is 6.31. The van der Waals surface area contributed by atoms with Crippen LogP contribution in [0.3, 0.4) is 0 Å². The number of benzene rings is 1. The maximum absolute atomic E-state index is 13.8. The van der Waals surface area contributed by atoms with Gasteiger partial charge in [-0.3, -0.25) is 14.9 Å². The molecule has 0 fully saturated rings. The second-order valence-electron chi connectivity index (χ2n) is 5.45. The van der Waals surface area contributed by atoms with Gasteiger partial charge in [0, 0.05) is 28.5 Å². The standard InChI is InChI=1S/C17H15ClFN5O/c1-10(16-22-17(24-23-16)11-4-3-7-20-9-11)21-15(25)8-12-13(18)5-2-6-14(12)19/h2-7,9-10H,8H2,1H3,(H,21,25)(H,22,23,24). The first-order valence-corrected chi connectivity index (χ1v) is 7.97. The number of nitrogens with one attached hydrogen (secondary N) is 2. The van der Waals surface area contributed by atoms with Crippen molar-refractivity contribution in [3.8, 4) is 11.4 Å². The number of aromatic amines is 1. The third-order valence-electron chi connectivity index (χ3n) is 3.61. The number of H-pyrrole nitrogens is 1. The van der Waals surface area contributed by atoms with E-state index >= 15 is 0 Å². The Labute approximate surface area is 148 Å². The van der Waals surface area contributed by atoms with Crippen molar-refractivity contribution in [3.05, 3.63) is 65.0 Å². The predicted octanol–water partition coefficient (Wildman–Crippen LogP) is 3.08. The lowest BCUT2D eigenvalue weighted by Gasteiger charge is -2.12. The minimum Gasteiger partial charge on any atom is -0.346 e. The summed E-state index contributed by atoms with van der Waals surface area (Å²) in [4.78, 5) is 20.5. The lowest BCUT2D eigenvalue weighted by molar-refractivity contribution is -0.121. The molecule has 1 unspecified atom stereocenters. The van der Waals surface area contributed by atoms with E-state index in [-0.39, 0.29) is 22.9 Å². The number of hydrogen-bond acceptors (Lipinski definition) is 4. The first-order chi connectivity index (χ1) is 12.0. The molecular weight excluding hydrogens is 345 g/mol. The number of halogens is 2. The molecular formula is C17H15ClFN5O. The van der Waals surface area contributed by atoms with Gasteiger partial charge in [-0.25, -0.2) is 9.37 Å². The molecule has 0 saturated carbocycles. The van der Waals surface area contributed by atoms with Gasteiger partial charge >= 0.3 is 0 Å². The summed E-state index contributed by atoms with van der Waals surface area (Å²) in [7, 11) is 0. The molecule has 25 heavy (non-hydrogen) atoms. The second-order valence-corrected chi connectivity index (χ2v) is 5.86. The molecule has 1 aromatic carbocycles. The summed E-state index contributed by atoms with van der Waals surface area (Å²) in [5.41, 5.74) is 0.934. The highest BCUT2D eigenvalue weighted by Gasteiger charge is 2.17. The number of rotatable bonds is 5. The molecule has 2 heterocycles. The third kappa shape index (κ3) is 4.00. The number of nitrogens with zero attached hydrogens (tertiary/aromatic N) is 3. The summed E-state index contributed by atoms with van der Waals surface area (Å²) < 4.78 is 13.8. The van der Waals surface area contributed by atoms with Gasteiger partial charge in [0.1, 0.15) is 11.6 Å². The van der Waals surface area contributed by atoms with Crippen LogP contribution < -0.4 is 5.32 Å². The van der Waals surface area contributed by atoms with Crippen LogP contribution in [0, 0.1) is 5.82 Å². The average molecular weight is 360 g/mol. The van der Waals surface area contributed by atoms with Gasteiger partial charge in [-0.05, 0) is 31.2 Å². The summed E-state index contributed by atoms with van der Waals surface area (Å²) in [6.45, 7) is 1.76. The zero-order valence-electron chi connectivity index (χ0n) is 13.3. The molecule has 2 N–H and O–H groups in total. The van der Waals surface area contributed by atoms with E-state index in [4.69, 9.17) is 11.6 Å². The Balaban J connectivity index is 1.67. The third-order valence-corrected chi connectivity index (χ3v) is 3.96. The monoisotopic (exact) mass is 359 g/mol. The molecule has 1 atom stereocenters. The molecule has 6 nitrogen and oxygen atoms in total. The SMILES string of the molecule is CC(NC(=O)Cc1c(F)cccc1Cl)c1nc(-c2cccnc2)n[nH]1. The van der Waals surface area contributed by atoms with Crippen LogP contribution in [-0.2, 0) is 11.2 Å². The fourth-order valence-electron chi connectivity index (χ4n) is 2.31. The van der Waals surface area contributed by atoms with E-state index in [0.717, 1.165) is 5.56 Å². The second kappa shape index (κ2) is 7.40. The van der Waals surface area contributed by atoms with E-state index in [2.05, 4.69) is 25.5 Å². The molecule has 0 bridgehead atoms. The molecule has 8 heteroatoms. The van der Waals surface area contributed by atoms with Crippen LogP contribution in [0.25, 0.3) is 11.4 Å². The molecule has 0 saturated heterocycles. The van der Waals surface area contributed by atoms with Crippen molar-refractivity contribution in [1.82, 2.24) is 25.5 Å². The molecule has 0 spiro atoms. The smallest absolute Gasteiger partial charge is 0.225 e. The Hall–Kier alpha value is -2.80. The van der Waals surface area contributed by atoms with E-state index in [1.807, 2.05) is 6.07 Å². The first-order valence-electron chi connectivity index (χ1n) is 7.59. The topological polar surface area (TPSA) is 83.6 Å². The highest BCUT2D eigenvalue weighted by Crippen LogP contribution is 2.20. The van der Waals surface area contributed by atoms with Gasteiger partial charge in [0.15, 0.2) is 5.82 Å². The van der Waals surface area contributed by atoms with E-state index in [1.54, 1.807) is 31.5 Å². The van der Waals surface area contributed by atoms with Crippen LogP contribution >= 0.6 is 11.6 Å². The Bertz CT molecular complexity index is 864. The average Bonchev–Trinajstić information content (AvgIpc) is 3.09. The van der Waals surface area contributed by atoms with E-state index in [9.17, 15) is 9.18 Å². The maximum atomic E-state index is 13.8. The summed E-state index contributed by atoms with van der Waals surface area (Å²) >= 11 is 5.94. The zero-order chi connectivity index (χ0) is 17.8. The van der Waals surface area contributed by atoms with Gasteiger partial charge in [0.2, 0.25) is 5.91 Å². The Kier molecular flexibility index (Phi) is 5.04. The summed E-state index contributed by atoms with van der Waals surface area (Å²) in [6.07, 6.45) is 3.16. The van der Waals surface area contributed by atoms with E-state index in [1.165, 1.54) is 12.1 Å². The quantitative estimate of drug-likeness (QED) is 0.733. The minimum atomic E-state index is -0.506. The normalized spacial score (nSPS) is 12.0. The van der Waals surface area contributed by atoms with Gasteiger partial charge < -0.3 is 5.32 Å². The van der Waals surface area contributed by atoms with Crippen molar-refractivity contribution in [2.24, 2.45) is 0 Å². The van der Waals surface area contributed by atoms with Gasteiger partial charge in [-0.1, -0.05) is 17.7 Å². The molecule has 1 amide bonds. The van der Waals surface area contributed by atoms with Crippen LogP contribution in [0.15, 0.2) is 42.7 Å². The predicted molar refractivity (Wildman–Crippen MR) is 91.3 cm³/mol. The Morgan fingerprint density at radius 2 is 2.20 bits per heavy atom. The van der Waals surface area contributed by atoms with Crippen molar-refractivity contribution < 1.29 is 9.18 Å². The van der Waals surface area contributed by atoms with Gasteiger partial charge in [-0.15, -0.1) is 0 Å². The van der Waals surface area contributed by atoms with Crippen molar-refractivity contribution in [3.63, 3.8) is 0 Å². The fraction of sp³-hybridized carbons (Fsp3) is 0.176. The first kappa shape index (κ1) is 17.0. The lowest BCUT2D eigenvalue weighted by Crippen LogP contribution is -2.29. The van der Waals surface area contributed by atoms with Gasteiger partial charge in [0.25, 0.3) is 0 Å². The largest absolute Gasteiger partial charge is 0.346 e. The molecule has 3 aromatic rings. The van der Waals surface area contributed by atoms with E-state index < -0.39 is 11.9 Å². The van der Waals surface area contributed by atoms with Crippen molar-refractivity contribution >= 4 is 17.5 Å². The molecule has 2 aromatic heterocycles. The lowest BCUT2D eigenvalue weighted by atomic mass is 10.1. The molecule has 128 valence electrons. The maximum Gasteiger partial charge on any atom is 0.225 e. The van der Waals surface area contributed by atoms with E-state index in [0.29, 0.717) is 11.6 Å². The Morgan fingerprint density at radius 1 is 1.36 bits per heavy atom. The molecule has 0 aliphatic carbocycles. The minimum absolute atomic E-state index is 0.153. The fourth-order valence-corrected chi connectivity index (χ4v) is 2.54. The highest BCUT2D eigenvalue weighted by atomic mass is 35.5. The van der Waals surface area contributed by atoms with Crippen molar-refractivity contribution in [1.29, 1.82) is 0 Å². The van der Waals surface area contributed by atoms with Crippen molar-refractivity contribution in [2.75, 3.05) is 0 Å². The Morgan fingerprint density at radius 3 is 2.92 bits per heavy atom. The van der Waals surface area contributed by atoms with Crippen LogP contribution in [-0.4, -0.2) is 26.1 Å². The molecule has 0 radical (unpaired) electrons. The summed E-state index contributed by atoms with van der Waals surface area (Å²) in [5, 5.41) is 9.88. The summed E-state index contributed by atoms with van der Waals surface area (Å²) in [6, 6.07) is 7.52.